The molecule has 0 radical (unpaired) electrons. The van der Waals surface area contributed by atoms with E-state index in [-0.39, 0.29) is 19.3 Å². The second kappa shape index (κ2) is 10.3. The molecule has 148 valence electrons. The number of hydrogen-bond acceptors (Lipinski definition) is 5. The van der Waals surface area contributed by atoms with Gasteiger partial charge in [0.1, 0.15) is 24.7 Å². The molecule has 28 heavy (non-hydrogen) atoms. The molecule has 3 rings (SSSR count). The highest BCUT2D eigenvalue weighted by molar-refractivity contribution is 5.89. The molecular weight excluding hydrogens is 358 g/mol. The van der Waals surface area contributed by atoms with Crippen molar-refractivity contribution in [2.45, 2.75) is 38.1 Å². The van der Waals surface area contributed by atoms with Gasteiger partial charge in [0.05, 0.1) is 5.56 Å². The summed E-state index contributed by atoms with van der Waals surface area (Å²) in [7, 11) is 0. The van der Waals surface area contributed by atoms with Crippen LogP contribution in [0, 0.1) is 0 Å². The van der Waals surface area contributed by atoms with Crippen molar-refractivity contribution >= 4 is 12.1 Å². The summed E-state index contributed by atoms with van der Waals surface area (Å²) in [5.41, 5.74) is 0.389. The lowest BCUT2D eigenvalue weighted by atomic mass is 9.96. The van der Waals surface area contributed by atoms with Crippen molar-refractivity contribution in [2.24, 2.45) is 0 Å². The number of hydrogen-bond donors (Lipinski definition) is 1. The summed E-state index contributed by atoms with van der Waals surface area (Å²) in [6.45, 7) is 0.425. The molecule has 1 aliphatic carbocycles. The van der Waals surface area contributed by atoms with E-state index in [9.17, 15) is 9.59 Å². The lowest BCUT2D eigenvalue weighted by Crippen LogP contribution is -2.37. The van der Waals surface area contributed by atoms with Crippen molar-refractivity contribution in [2.75, 3.05) is 13.2 Å². The van der Waals surface area contributed by atoms with Gasteiger partial charge in [0.2, 0.25) is 0 Å². The van der Waals surface area contributed by atoms with E-state index in [0.29, 0.717) is 11.3 Å². The SMILES string of the molecule is O=C(NC1CCCCC1)Oc1ccc(C(=O)OCCOc2ccccc2)cc1. The lowest BCUT2D eigenvalue weighted by molar-refractivity contribution is 0.0450. The molecule has 2 aromatic carbocycles. The number of rotatable bonds is 7. The van der Waals surface area contributed by atoms with Gasteiger partial charge in [-0.1, -0.05) is 37.5 Å². The third kappa shape index (κ3) is 6.30. The standard InChI is InChI=1S/C22H25NO5/c24-21(27-16-15-26-19-9-5-2-6-10-19)17-11-13-20(14-12-17)28-22(25)23-18-7-3-1-4-8-18/h2,5-6,9-14,18H,1,3-4,7-8,15-16H2,(H,23,25). The van der Waals surface area contributed by atoms with Gasteiger partial charge in [-0.25, -0.2) is 9.59 Å². The molecule has 1 saturated carbocycles. The molecule has 6 nitrogen and oxygen atoms in total. The van der Waals surface area contributed by atoms with E-state index in [4.69, 9.17) is 14.2 Å². The van der Waals surface area contributed by atoms with Gasteiger partial charge in [-0.15, -0.1) is 0 Å². The highest BCUT2D eigenvalue weighted by Crippen LogP contribution is 2.18. The number of nitrogens with one attached hydrogen (secondary N) is 1. The van der Waals surface area contributed by atoms with Crippen molar-refractivity contribution in [1.82, 2.24) is 5.32 Å². The van der Waals surface area contributed by atoms with Gasteiger partial charge in [0.25, 0.3) is 0 Å². The van der Waals surface area contributed by atoms with E-state index in [2.05, 4.69) is 5.32 Å². The van der Waals surface area contributed by atoms with Crippen LogP contribution in [0.15, 0.2) is 54.6 Å². The fourth-order valence-electron chi connectivity index (χ4n) is 3.10. The first kappa shape index (κ1) is 19.7. The van der Waals surface area contributed by atoms with Gasteiger partial charge in [0.15, 0.2) is 0 Å². The average Bonchev–Trinajstić information content (AvgIpc) is 2.73. The normalized spacial score (nSPS) is 14.1. The molecule has 1 aliphatic rings. The largest absolute Gasteiger partial charge is 0.490 e. The third-order valence-electron chi connectivity index (χ3n) is 4.56. The quantitative estimate of drug-likeness (QED) is 0.569. The van der Waals surface area contributed by atoms with Gasteiger partial charge in [-0.2, -0.15) is 0 Å². The first-order chi connectivity index (χ1) is 13.7. The zero-order valence-electron chi connectivity index (χ0n) is 15.8. The molecule has 1 amide bonds. The lowest BCUT2D eigenvalue weighted by Gasteiger charge is -2.22. The maximum absolute atomic E-state index is 12.1. The van der Waals surface area contributed by atoms with Crippen molar-refractivity contribution in [3.05, 3.63) is 60.2 Å². The minimum absolute atomic E-state index is 0.149. The molecule has 0 heterocycles. The molecule has 2 aromatic rings. The predicted octanol–water partition coefficient (Wildman–Crippen LogP) is 4.34. The number of esters is 1. The van der Waals surface area contributed by atoms with Gasteiger partial charge >= 0.3 is 12.1 Å². The summed E-state index contributed by atoms with van der Waals surface area (Å²) < 4.78 is 15.9. The first-order valence-electron chi connectivity index (χ1n) is 9.64. The number of benzene rings is 2. The zero-order valence-corrected chi connectivity index (χ0v) is 15.8. The Labute approximate surface area is 164 Å². The second-order valence-electron chi connectivity index (χ2n) is 6.69. The molecule has 0 spiro atoms. The van der Waals surface area contributed by atoms with Crippen LogP contribution >= 0.6 is 0 Å². The van der Waals surface area contributed by atoms with Crippen LogP contribution in [-0.2, 0) is 4.74 Å². The fourth-order valence-corrected chi connectivity index (χ4v) is 3.10. The smallest absolute Gasteiger partial charge is 0.412 e. The van der Waals surface area contributed by atoms with E-state index in [1.807, 2.05) is 30.3 Å². The summed E-state index contributed by atoms with van der Waals surface area (Å²) >= 11 is 0. The van der Waals surface area contributed by atoms with Crippen LogP contribution in [0.4, 0.5) is 4.79 Å². The Morgan fingerprint density at radius 2 is 1.57 bits per heavy atom. The van der Waals surface area contributed by atoms with Gasteiger partial charge < -0.3 is 19.5 Å². The molecule has 6 heteroatoms. The summed E-state index contributed by atoms with van der Waals surface area (Å²) in [5.74, 6) is 0.665. The maximum Gasteiger partial charge on any atom is 0.412 e. The third-order valence-corrected chi connectivity index (χ3v) is 4.56. The topological polar surface area (TPSA) is 73.9 Å². The second-order valence-corrected chi connectivity index (χ2v) is 6.69. The van der Waals surface area contributed by atoms with Gasteiger partial charge in [0, 0.05) is 6.04 Å². The van der Waals surface area contributed by atoms with Crippen LogP contribution in [0.3, 0.4) is 0 Å². The molecule has 0 atom stereocenters. The van der Waals surface area contributed by atoms with Gasteiger partial charge in [-0.05, 0) is 49.2 Å². The first-order valence-corrected chi connectivity index (χ1v) is 9.64. The summed E-state index contributed by atoms with van der Waals surface area (Å²) in [4.78, 5) is 24.0. The van der Waals surface area contributed by atoms with Crippen LogP contribution in [0.1, 0.15) is 42.5 Å². The Hall–Kier alpha value is -3.02. The predicted molar refractivity (Wildman–Crippen MR) is 105 cm³/mol. The molecule has 0 saturated heterocycles. The van der Waals surface area contributed by atoms with Crippen LogP contribution in [0.5, 0.6) is 11.5 Å². The van der Waals surface area contributed by atoms with E-state index in [0.717, 1.165) is 31.4 Å². The number of carbonyl (C=O) groups excluding carboxylic acids is 2. The van der Waals surface area contributed by atoms with Crippen molar-refractivity contribution in [3.8, 4) is 11.5 Å². The molecular formula is C22H25NO5. The minimum atomic E-state index is -0.458. The summed E-state index contributed by atoms with van der Waals surface area (Å²) in [6, 6.07) is 15.8. The summed E-state index contributed by atoms with van der Waals surface area (Å²) in [5, 5.41) is 2.89. The zero-order chi connectivity index (χ0) is 19.6. The maximum atomic E-state index is 12.1. The fraction of sp³-hybridized carbons (Fsp3) is 0.364. The Morgan fingerprint density at radius 1 is 0.857 bits per heavy atom. The number of amides is 1. The Balaban J connectivity index is 1.39. The van der Waals surface area contributed by atoms with Crippen LogP contribution in [0.25, 0.3) is 0 Å². The van der Waals surface area contributed by atoms with Gasteiger partial charge in [-0.3, -0.25) is 0 Å². The molecule has 0 bridgehead atoms. The summed E-state index contributed by atoms with van der Waals surface area (Å²) in [6.07, 6.45) is 5.03. The van der Waals surface area contributed by atoms with E-state index < -0.39 is 12.1 Å². The number of ether oxygens (including phenoxy) is 3. The van der Waals surface area contributed by atoms with Crippen molar-refractivity contribution in [3.63, 3.8) is 0 Å². The molecule has 1 fully saturated rings. The van der Waals surface area contributed by atoms with Crippen molar-refractivity contribution < 1.29 is 23.8 Å². The monoisotopic (exact) mass is 383 g/mol. The molecule has 0 unspecified atom stereocenters. The highest BCUT2D eigenvalue weighted by Gasteiger charge is 2.17. The number of para-hydroxylation sites is 1. The Kier molecular flexibility index (Phi) is 7.29. The van der Waals surface area contributed by atoms with E-state index in [1.165, 1.54) is 6.42 Å². The Morgan fingerprint density at radius 3 is 2.29 bits per heavy atom. The van der Waals surface area contributed by atoms with E-state index in [1.54, 1.807) is 24.3 Å². The van der Waals surface area contributed by atoms with E-state index >= 15 is 0 Å². The molecule has 1 N–H and O–H groups in total. The van der Waals surface area contributed by atoms with Crippen LogP contribution in [-0.4, -0.2) is 31.3 Å². The number of carbonyl (C=O) groups is 2. The van der Waals surface area contributed by atoms with Crippen LogP contribution < -0.4 is 14.8 Å². The molecule has 0 aliphatic heterocycles. The average molecular weight is 383 g/mol. The highest BCUT2D eigenvalue weighted by atomic mass is 16.6. The van der Waals surface area contributed by atoms with Crippen molar-refractivity contribution in [1.29, 1.82) is 0 Å². The van der Waals surface area contributed by atoms with Crippen LogP contribution in [0.2, 0.25) is 0 Å². The minimum Gasteiger partial charge on any atom is -0.490 e. The molecule has 0 aromatic heterocycles. The Bertz CT molecular complexity index is 754.